The maximum Gasteiger partial charge on any atom is 0.342 e. The molecule has 0 aliphatic carbocycles. The lowest BCUT2D eigenvalue weighted by Gasteiger charge is -2.13. The summed E-state index contributed by atoms with van der Waals surface area (Å²) in [5.41, 5.74) is 0.231. The first-order valence-corrected chi connectivity index (χ1v) is 10.2. The fraction of sp³-hybridized carbons (Fsp3) is 0.278. The zero-order valence-electron chi connectivity index (χ0n) is 14.6. The number of phenols is 1. The van der Waals surface area contributed by atoms with E-state index < -0.39 is 27.7 Å². The van der Waals surface area contributed by atoms with E-state index in [1.807, 2.05) is 0 Å². The van der Waals surface area contributed by atoms with E-state index in [1.165, 1.54) is 43.5 Å². The largest absolute Gasteiger partial charge is 0.507 e. The minimum absolute atomic E-state index is 0.0311. The highest BCUT2D eigenvalue weighted by Crippen LogP contribution is 2.27. The van der Waals surface area contributed by atoms with Gasteiger partial charge in [-0.05, 0) is 42.8 Å². The van der Waals surface area contributed by atoms with Gasteiger partial charge in [0.25, 0.3) is 0 Å². The fourth-order valence-corrected chi connectivity index (χ4v) is 4.42. The second-order valence-electron chi connectivity index (χ2n) is 5.89. The van der Waals surface area contributed by atoms with Crippen LogP contribution in [0.1, 0.15) is 22.8 Å². The lowest BCUT2D eigenvalue weighted by Crippen LogP contribution is -2.19. The van der Waals surface area contributed by atoms with Gasteiger partial charge in [0.2, 0.25) is 0 Å². The Hall–Kier alpha value is -1.80. The third kappa shape index (κ3) is 5.84. The molecule has 0 fully saturated rings. The monoisotopic (exact) mass is 432 g/mol. The molecule has 9 heteroatoms. The quantitative estimate of drug-likeness (QED) is 0.667. The van der Waals surface area contributed by atoms with Crippen LogP contribution in [0.2, 0.25) is 10.0 Å². The summed E-state index contributed by atoms with van der Waals surface area (Å²) in [5.74, 6) is -1.50. The third-order valence-electron chi connectivity index (χ3n) is 3.54. The van der Waals surface area contributed by atoms with Crippen molar-refractivity contribution in [3.63, 3.8) is 0 Å². The van der Waals surface area contributed by atoms with E-state index in [0.29, 0.717) is 5.56 Å². The molecule has 27 heavy (non-hydrogen) atoms. The molecule has 0 saturated heterocycles. The molecule has 146 valence electrons. The van der Waals surface area contributed by atoms with Gasteiger partial charge in [0.1, 0.15) is 17.4 Å². The number of phenolic OH excluding ortho intramolecular Hbond substituents is 1. The Balaban J connectivity index is 2.21. The van der Waals surface area contributed by atoms with Crippen LogP contribution in [0.15, 0.2) is 41.3 Å². The van der Waals surface area contributed by atoms with E-state index >= 15 is 0 Å². The summed E-state index contributed by atoms with van der Waals surface area (Å²) in [6.45, 7) is 1.86. The lowest BCUT2D eigenvalue weighted by molar-refractivity contribution is 0.0117. The van der Waals surface area contributed by atoms with Gasteiger partial charge in [-0.2, -0.15) is 0 Å². The highest BCUT2D eigenvalue weighted by Gasteiger charge is 2.20. The summed E-state index contributed by atoms with van der Waals surface area (Å²) in [6.07, 6.45) is -0.491. The van der Waals surface area contributed by atoms with E-state index in [0.717, 1.165) is 0 Å². The summed E-state index contributed by atoms with van der Waals surface area (Å²) in [4.78, 5) is 12.0. The van der Waals surface area contributed by atoms with Crippen molar-refractivity contribution in [3.8, 4) is 5.75 Å². The number of esters is 1. The Bertz CT molecular complexity index is 923. The van der Waals surface area contributed by atoms with Crippen LogP contribution in [0.25, 0.3) is 0 Å². The van der Waals surface area contributed by atoms with Gasteiger partial charge in [-0.3, -0.25) is 0 Å². The topological polar surface area (TPSA) is 89.9 Å². The first-order valence-electron chi connectivity index (χ1n) is 7.83. The van der Waals surface area contributed by atoms with E-state index in [-0.39, 0.29) is 32.9 Å². The van der Waals surface area contributed by atoms with Gasteiger partial charge >= 0.3 is 5.97 Å². The Labute approximate surface area is 167 Å². The fourth-order valence-electron chi connectivity index (χ4n) is 2.37. The number of ether oxygens (including phenoxy) is 2. The zero-order chi connectivity index (χ0) is 20.2. The van der Waals surface area contributed by atoms with Crippen LogP contribution in [-0.2, 0) is 25.1 Å². The molecule has 6 nitrogen and oxygen atoms in total. The number of rotatable bonds is 7. The van der Waals surface area contributed by atoms with Crippen molar-refractivity contribution < 1.29 is 27.8 Å². The minimum Gasteiger partial charge on any atom is -0.507 e. The highest BCUT2D eigenvalue weighted by molar-refractivity contribution is 7.90. The molecule has 0 aromatic heterocycles. The SMILES string of the molecule is COCC(C)OC(=O)c1ccc(CS(=O)(=O)c2cc(Cl)cc(Cl)c2)cc1O. The van der Waals surface area contributed by atoms with Crippen molar-refractivity contribution in [2.24, 2.45) is 0 Å². The number of sulfone groups is 1. The molecular formula is C18H18Cl2O6S. The van der Waals surface area contributed by atoms with Gasteiger partial charge in [0, 0.05) is 17.2 Å². The predicted molar refractivity (Wildman–Crippen MR) is 102 cm³/mol. The molecule has 2 rings (SSSR count). The van der Waals surface area contributed by atoms with Crippen molar-refractivity contribution in [2.45, 2.75) is 23.7 Å². The van der Waals surface area contributed by atoms with Crippen molar-refractivity contribution in [1.29, 1.82) is 0 Å². The van der Waals surface area contributed by atoms with Crippen LogP contribution in [-0.4, -0.2) is 39.3 Å². The minimum atomic E-state index is -3.75. The molecule has 0 radical (unpaired) electrons. The number of benzene rings is 2. The Morgan fingerprint density at radius 2 is 1.78 bits per heavy atom. The number of hydrogen-bond donors (Lipinski definition) is 1. The number of carbonyl (C=O) groups is 1. The Kier molecular flexibility index (Phi) is 7.11. The van der Waals surface area contributed by atoms with E-state index in [1.54, 1.807) is 6.92 Å². The molecule has 0 saturated carbocycles. The number of halogens is 2. The molecule has 0 bridgehead atoms. The van der Waals surface area contributed by atoms with Gasteiger partial charge in [0.15, 0.2) is 9.84 Å². The second kappa shape index (κ2) is 8.93. The predicted octanol–water partition coefficient (Wildman–Crippen LogP) is 3.86. The molecule has 0 aliphatic rings. The van der Waals surface area contributed by atoms with Gasteiger partial charge < -0.3 is 14.6 Å². The van der Waals surface area contributed by atoms with E-state index in [2.05, 4.69) is 0 Å². The lowest BCUT2D eigenvalue weighted by atomic mass is 10.1. The number of aromatic hydroxyl groups is 1. The third-order valence-corrected chi connectivity index (χ3v) is 5.65. The zero-order valence-corrected chi connectivity index (χ0v) is 16.9. The highest BCUT2D eigenvalue weighted by atomic mass is 35.5. The summed E-state index contributed by atoms with van der Waals surface area (Å²) in [5, 5.41) is 10.5. The Morgan fingerprint density at radius 1 is 1.15 bits per heavy atom. The Morgan fingerprint density at radius 3 is 2.33 bits per heavy atom. The first kappa shape index (κ1) is 21.5. The van der Waals surface area contributed by atoms with Crippen molar-refractivity contribution in [2.75, 3.05) is 13.7 Å². The first-order chi connectivity index (χ1) is 12.6. The molecule has 1 atom stereocenters. The molecule has 0 aliphatic heterocycles. The van der Waals surface area contributed by atoms with Crippen molar-refractivity contribution in [1.82, 2.24) is 0 Å². The molecule has 2 aromatic carbocycles. The summed E-state index contributed by atoms with van der Waals surface area (Å²) in [6, 6.07) is 7.98. The second-order valence-corrected chi connectivity index (χ2v) is 8.75. The summed E-state index contributed by atoms with van der Waals surface area (Å²) in [7, 11) is -2.27. The van der Waals surface area contributed by atoms with Crippen molar-refractivity contribution in [3.05, 3.63) is 57.6 Å². The van der Waals surface area contributed by atoms with Gasteiger partial charge in [-0.25, -0.2) is 13.2 Å². The van der Waals surface area contributed by atoms with Crippen LogP contribution < -0.4 is 0 Å². The summed E-state index contributed by atoms with van der Waals surface area (Å²) >= 11 is 11.7. The van der Waals surface area contributed by atoms with Crippen LogP contribution in [0.5, 0.6) is 5.75 Å². The molecule has 0 heterocycles. The molecular weight excluding hydrogens is 415 g/mol. The van der Waals surface area contributed by atoms with Gasteiger partial charge in [0.05, 0.1) is 17.3 Å². The number of hydrogen-bond acceptors (Lipinski definition) is 6. The van der Waals surface area contributed by atoms with Crippen LogP contribution >= 0.6 is 23.2 Å². The maximum atomic E-state index is 12.5. The molecule has 2 aromatic rings. The number of methoxy groups -OCH3 is 1. The molecule has 0 amide bonds. The average molecular weight is 433 g/mol. The van der Waals surface area contributed by atoms with Crippen LogP contribution in [0, 0.1) is 0 Å². The van der Waals surface area contributed by atoms with Gasteiger partial charge in [-0.1, -0.05) is 29.3 Å². The van der Waals surface area contributed by atoms with Crippen molar-refractivity contribution >= 4 is 39.0 Å². The van der Waals surface area contributed by atoms with E-state index in [9.17, 15) is 18.3 Å². The molecule has 0 spiro atoms. The smallest absolute Gasteiger partial charge is 0.342 e. The average Bonchev–Trinajstić information content (AvgIpc) is 2.53. The van der Waals surface area contributed by atoms with Gasteiger partial charge in [-0.15, -0.1) is 0 Å². The molecule has 1 unspecified atom stereocenters. The van der Waals surface area contributed by atoms with Crippen LogP contribution in [0.3, 0.4) is 0 Å². The normalized spacial score (nSPS) is 12.6. The summed E-state index contributed by atoms with van der Waals surface area (Å²) < 4.78 is 35.1. The van der Waals surface area contributed by atoms with E-state index in [4.69, 9.17) is 32.7 Å². The van der Waals surface area contributed by atoms with Crippen LogP contribution in [0.4, 0.5) is 0 Å². The maximum absolute atomic E-state index is 12.5. The molecule has 1 N–H and O–H groups in total. The number of carbonyl (C=O) groups excluding carboxylic acids is 1. The standard InChI is InChI=1S/C18H18Cl2O6S/c1-11(9-25-2)26-18(22)16-4-3-12(5-17(16)21)10-27(23,24)15-7-13(19)6-14(20)8-15/h3-8,11,21H,9-10H2,1-2H3.